The van der Waals surface area contributed by atoms with Crippen molar-refractivity contribution in [1.29, 1.82) is 5.26 Å². The second-order valence-electron chi connectivity index (χ2n) is 3.85. The van der Waals surface area contributed by atoms with Crippen LogP contribution in [0.25, 0.3) is 0 Å². The molecule has 0 aromatic rings. The molecule has 0 aromatic carbocycles. The minimum atomic E-state index is -0.0539. The van der Waals surface area contributed by atoms with Crippen LogP contribution in [0.5, 0.6) is 0 Å². The summed E-state index contributed by atoms with van der Waals surface area (Å²) in [5.74, 6) is -0.0539. The van der Waals surface area contributed by atoms with Gasteiger partial charge >= 0.3 is 0 Å². The van der Waals surface area contributed by atoms with E-state index in [0.29, 0.717) is 19.5 Å². The highest BCUT2D eigenvalue weighted by molar-refractivity contribution is 5.78. The average molecular weight is 197 g/mol. The number of nitrogens with one attached hydrogen (secondary N) is 2. The van der Waals surface area contributed by atoms with Gasteiger partial charge in [0.25, 0.3) is 0 Å². The number of carbonyl (C=O) groups is 1. The van der Waals surface area contributed by atoms with Crippen LogP contribution in [-0.2, 0) is 4.79 Å². The maximum atomic E-state index is 11.2. The summed E-state index contributed by atoms with van der Waals surface area (Å²) in [6.07, 6.45) is 1.33. The van der Waals surface area contributed by atoms with E-state index < -0.39 is 0 Å². The molecule has 0 aliphatic rings. The van der Waals surface area contributed by atoms with Crippen molar-refractivity contribution in [3.8, 4) is 6.07 Å². The molecule has 2 N–H and O–H groups in total. The van der Waals surface area contributed by atoms with Gasteiger partial charge in [0, 0.05) is 12.1 Å². The molecular formula is C10H19N3O. The maximum absolute atomic E-state index is 11.2. The summed E-state index contributed by atoms with van der Waals surface area (Å²) in [4.78, 5) is 11.2. The van der Waals surface area contributed by atoms with E-state index in [1.807, 2.05) is 6.07 Å². The number of amides is 1. The van der Waals surface area contributed by atoms with E-state index >= 15 is 0 Å². The van der Waals surface area contributed by atoms with Crippen molar-refractivity contribution in [3.05, 3.63) is 0 Å². The Morgan fingerprint density at radius 2 is 2.14 bits per heavy atom. The Morgan fingerprint density at radius 3 is 2.64 bits per heavy atom. The van der Waals surface area contributed by atoms with Gasteiger partial charge in [-0.25, -0.2) is 0 Å². The molecule has 0 rings (SSSR count). The molecule has 0 saturated carbocycles. The van der Waals surface area contributed by atoms with Gasteiger partial charge in [-0.15, -0.1) is 0 Å². The summed E-state index contributed by atoms with van der Waals surface area (Å²) in [7, 11) is 0. The van der Waals surface area contributed by atoms with Crippen LogP contribution in [0.15, 0.2) is 0 Å². The molecule has 0 saturated heterocycles. The van der Waals surface area contributed by atoms with Crippen molar-refractivity contribution in [2.75, 3.05) is 13.1 Å². The zero-order valence-corrected chi connectivity index (χ0v) is 9.18. The van der Waals surface area contributed by atoms with Crippen LogP contribution in [0.1, 0.15) is 33.6 Å². The highest BCUT2D eigenvalue weighted by Gasteiger charge is 2.14. The summed E-state index contributed by atoms with van der Waals surface area (Å²) in [5, 5.41) is 14.1. The van der Waals surface area contributed by atoms with Gasteiger partial charge < -0.3 is 10.6 Å². The molecule has 0 aliphatic carbocycles. The summed E-state index contributed by atoms with van der Waals surface area (Å²) >= 11 is 0. The molecular weight excluding hydrogens is 178 g/mol. The van der Waals surface area contributed by atoms with Crippen LogP contribution in [0.3, 0.4) is 0 Å². The van der Waals surface area contributed by atoms with Crippen molar-refractivity contribution in [3.63, 3.8) is 0 Å². The fourth-order valence-electron chi connectivity index (χ4n) is 0.765. The van der Waals surface area contributed by atoms with Crippen molar-refractivity contribution in [2.24, 2.45) is 0 Å². The predicted molar refractivity (Wildman–Crippen MR) is 55.6 cm³/mol. The van der Waals surface area contributed by atoms with Crippen molar-refractivity contribution in [2.45, 2.75) is 39.2 Å². The number of hydrogen-bond donors (Lipinski definition) is 2. The zero-order valence-electron chi connectivity index (χ0n) is 9.18. The third-order valence-corrected chi connectivity index (χ3v) is 2.17. The molecule has 0 unspecified atom stereocenters. The van der Waals surface area contributed by atoms with Gasteiger partial charge in [-0.1, -0.05) is 6.92 Å². The van der Waals surface area contributed by atoms with E-state index in [1.165, 1.54) is 0 Å². The Kier molecular flexibility index (Phi) is 5.89. The standard InChI is InChI=1S/C10H19N3O/c1-4-10(2,3)13-8-9(14)12-7-5-6-11/h13H,4-5,7-8H2,1-3H3,(H,12,14). The van der Waals surface area contributed by atoms with Gasteiger partial charge in [-0.05, 0) is 20.3 Å². The van der Waals surface area contributed by atoms with Crippen LogP contribution >= 0.6 is 0 Å². The van der Waals surface area contributed by atoms with Gasteiger partial charge in [0.2, 0.25) is 5.91 Å². The fourth-order valence-corrected chi connectivity index (χ4v) is 0.765. The molecule has 80 valence electrons. The largest absolute Gasteiger partial charge is 0.354 e. The Balaban J connectivity index is 3.60. The van der Waals surface area contributed by atoms with Crippen molar-refractivity contribution < 1.29 is 4.79 Å². The first-order chi connectivity index (χ1) is 6.52. The Hall–Kier alpha value is -1.08. The number of rotatable bonds is 6. The lowest BCUT2D eigenvalue weighted by atomic mass is 10.0. The predicted octanol–water partition coefficient (Wildman–Crippen LogP) is 0.794. The zero-order chi connectivity index (χ0) is 11.0. The minimum Gasteiger partial charge on any atom is -0.354 e. The van der Waals surface area contributed by atoms with Crippen molar-refractivity contribution >= 4 is 5.91 Å². The van der Waals surface area contributed by atoms with E-state index in [9.17, 15) is 4.79 Å². The van der Waals surface area contributed by atoms with E-state index in [4.69, 9.17) is 5.26 Å². The van der Waals surface area contributed by atoms with E-state index in [1.54, 1.807) is 0 Å². The molecule has 0 aliphatic heterocycles. The monoisotopic (exact) mass is 197 g/mol. The number of nitrogens with zero attached hydrogens (tertiary/aromatic N) is 1. The maximum Gasteiger partial charge on any atom is 0.234 e. The summed E-state index contributed by atoms with van der Waals surface area (Å²) < 4.78 is 0. The lowest BCUT2D eigenvalue weighted by Crippen LogP contribution is -2.44. The number of hydrogen-bond acceptors (Lipinski definition) is 3. The minimum absolute atomic E-state index is 0.00737. The molecule has 0 aromatic heterocycles. The smallest absolute Gasteiger partial charge is 0.234 e. The first kappa shape index (κ1) is 12.9. The third-order valence-electron chi connectivity index (χ3n) is 2.17. The Morgan fingerprint density at radius 1 is 1.50 bits per heavy atom. The highest BCUT2D eigenvalue weighted by Crippen LogP contribution is 2.05. The van der Waals surface area contributed by atoms with Crippen LogP contribution in [0, 0.1) is 11.3 Å². The molecule has 1 amide bonds. The van der Waals surface area contributed by atoms with Gasteiger partial charge in [0.1, 0.15) is 0 Å². The van der Waals surface area contributed by atoms with Gasteiger partial charge in [0.05, 0.1) is 19.0 Å². The molecule has 0 atom stereocenters. The van der Waals surface area contributed by atoms with Crippen molar-refractivity contribution in [1.82, 2.24) is 10.6 Å². The van der Waals surface area contributed by atoms with Crippen LogP contribution in [-0.4, -0.2) is 24.5 Å². The van der Waals surface area contributed by atoms with Gasteiger partial charge in [-0.3, -0.25) is 4.79 Å². The summed E-state index contributed by atoms with van der Waals surface area (Å²) in [5.41, 5.74) is -0.00737. The van der Waals surface area contributed by atoms with E-state index in [2.05, 4.69) is 31.4 Å². The third kappa shape index (κ3) is 6.44. The quantitative estimate of drug-likeness (QED) is 0.619. The molecule has 0 fully saturated rings. The molecule has 0 heterocycles. The van der Waals surface area contributed by atoms with Gasteiger partial charge in [0.15, 0.2) is 0 Å². The first-order valence-electron chi connectivity index (χ1n) is 4.90. The normalized spacial score (nSPS) is 10.7. The van der Waals surface area contributed by atoms with E-state index in [-0.39, 0.29) is 11.4 Å². The lowest BCUT2D eigenvalue weighted by Gasteiger charge is -2.24. The Labute approximate surface area is 85.7 Å². The second-order valence-corrected chi connectivity index (χ2v) is 3.85. The topological polar surface area (TPSA) is 64.9 Å². The first-order valence-corrected chi connectivity index (χ1v) is 4.90. The summed E-state index contributed by atoms with van der Waals surface area (Å²) in [6, 6.07) is 1.97. The molecule has 0 radical (unpaired) electrons. The van der Waals surface area contributed by atoms with Crippen LogP contribution in [0.2, 0.25) is 0 Å². The SMILES string of the molecule is CCC(C)(C)NCC(=O)NCCC#N. The summed E-state index contributed by atoms with van der Waals surface area (Å²) in [6.45, 7) is 6.92. The van der Waals surface area contributed by atoms with E-state index in [0.717, 1.165) is 6.42 Å². The van der Waals surface area contributed by atoms with Crippen LogP contribution in [0.4, 0.5) is 0 Å². The Bertz CT molecular complexity index is 218. The number of nitriles is 1. The number of carbonyl (C=O) groups excluding carboxylic acids is 1. The lowest BCUT2D eigenvalue weighted by molar-refractivity contribution is -0.120. The fraction of sp³-hybridized carbons (Fsp3) is 0.800. The molecule has 0 bridgehead atoms. The highest BCUT2D eigenvalue weighted by atomic mass is 16.1. The molecule has 4 heteroatoms. The second kappa shape index (κ2) is 6.39. The molecule has 4 nitrogen and oxygen atoms in total. The van der Waals surface area contributed by atoms with Crippen LogP contribution < -0.4 is 10.6 Å². The molecule has 0 spiro atoms. The van der Waals surface area contributed by atoms with Gasteiger partial charge in [-0.2, -0.15) is 5.26 Å². The molecule has 14 heavy (non-hydrogen) atoms. The average Bonchev–Trinajstić information content (AvgIpc) is 2.16.